The third-order valence-electron chi connectivity index (χ3n) is 3.36. The number of nitrogens with two attached hydrogens (primary N) is 1. The molecule has 2 aliphatic heterocycles. The Kier molecular flexibility index (Phi) is 2.86. The minimum atomic E-state index is 0.0772. The molecule has 2 fully saturated rings. The first-order valence-electron chi connectivity index (χ1n) is 5.38. The van der Waals surface area contributed by atoms with Crippen molar-refractivity contribution in [2.45, 2.75) is 31.2 Å². The fraction of sp³-hybridized carbons (Fsp3) is 1.00. The van der Waals surface area contributed by atoms with Gasteiger partial charge in [0.05, 0.1) is 0 Å². The molecule has 2 saturated heterocycles. The van der Waals surface area contributed by atoms with Crippen LogP contribution in [-0.4, -0.2) is 43.3 Å². The molecule has 0 atom stereocenters. The SMILES string of the molecule is NC1(CCN2CCC2)CCOCC1. The summed E-state index contributed by atoms with van der Waals surface area (Å²) in [6.45, 7) is 5.47. The average molecular weight is 184 g/mol. The maximum Gasteiger partial charge on any atom is 0.0483 e. The normalized spacial score (nSPS) is 28.4. The van der Waals surface area contributed by atoms with E-state index in [9.17, 15) is 0 Å². The Morgan fingerprint density at radius 1 is 1.23 bits per heavy atom. The highest BCUT2D eigenvalue weighted by atomic mass is 16.5. The van der Waals surface area contributed by atoms with E-state index in [-0.39, 0.29) is 5.54 Å². The fourth-order valence-corrected chi connectivity index (χ4v) is 2.01. The quantitative estimate of drug-likeness (QED) is 0.697. The van der Waals surface area contributed by atoms with E-state index in [0.29, 0.717) is 0 Å². The first kappa shape index (κ1) is 9.44. The summed E-state index contributed by atoms with van der Waals surface area (Å²) in [5, 5.41) is 0. The molecule has 0 aromatic carbocycles. The Balaban J connectivity index is 1.71. The predicted octanol–water partition coefficient (Wildman–Crippen LogP) is 0.590. The largest absolute Gasteiger partial charge is 0.381 e. The monoisotopic (exact) mass is 184 g/mol. The molecule has 0 radical (unpaired) electrons. The summed E-state index contributed by atoms with van der Waals surface area (Å²) in [6, 6.07) is 0. The molecule has 2 rings (SSSR count). The molecule has 2 N–H and O–H groups in total. The van der Waals surface area contributed by atoms with E-state index in [1.165, 1.54) is 26.1 Å². The molecule has 0 bridgehead atoms. The number of likely N-dealkylation sites (tertiary alicyclic amines) is 1. The van der Waals surface area contributed by atoms with Crippen LogP contribution in [0.3, 0.4) is 0 Å². The second-order valence-corrected chi connectivity index (χ2v) is 4.42. The van der Waals surface area contributed by atoms with Gasteiger partial charge in [0.1, 0.15) is 0 Å². The lowest BCUT2D eigenvalue weighted by Crippen LogP contribution is -2.49. The molecular formula is C10H20N2O. The van der Waals surface area contributed by atoms with Crippen LogP contribution in [0.5, 0.6) is 0 Å². The van der Waals surface area contributed by atoms with Crippen molar-refractivity contribution in [1.29, 1.82) is 0 Å². The van der Waals surface area contributed by atoms with Crippen LogP contribution < -0.4 is 5.73 Å². The van der Waals surface area contributed by atoms with Gasteiger partial charge in [-0.15, -0.1) is 0 Å². The Bertz CT molecular complexity index is 162. The van der Waals surface area contributed by atoms with Gasteiger partial charge in [-0.1, -0.05) is 0 Å². The molecule has 3 heteroatoms. The Labute approximate surface area is 80.2 Å². The minimum Gasteiger partial charge on any atom is -0.381 e. The van der Waals surface area contributed by atoms with Gasteiger partial charge in [-0.2, -0.15) is 0 Å². The molecule has 0 spiro atoms. The van der Waals surface area contributed by atoms with Crippen LogP contribution in [0.4, 0.5) is 0 Å². The van der Waals surface area contributed by atoms with Crippen LogP contribution in [0.15, 0.2) is 0 Å². The third-order valence-corrected chi connectivity index (χ3v) is 3.36. The van der Waals surface area contributed by atoms with Crippen LogP contribution in [0.2, 0.25) is 0 Å². The van der Waals surface area contributed by atoms with Crippen LogP contribution in [0.25, 0.3) is 0 Å². The fourth-order valence-electron chi connectivity index (χ4n) is 2.01. The van der Waals surface area contributed by atoms with Crippen molar-refractivity contribution in [3.8, 4) is 0 Å². The second kappa shape index (κ2) is 3.95. The smallest absolute Gasteiger partial charge is 0.0483 e. The topological polar surface area (TPSA) is 38.5 Å². The van der Waals surface area contributed by atoms with Gasteiger partial charge in [0.15, 0.2) is 0 Å². The highest BCUT2D eigenvalue weighted by Gasteiger charge is 2.28. The van der Waals surface area contributed by atoms with Crippen molar-refractivity contribution in [3.63, 3.8) is 0 Å². The maximum atomic E-state index is 6.28. The molecule has 0 aliphatic carbocycles. The summed E-state index contributed by atoms with van der Waals surface area (Å²) in [7, 11) is 0. The lowest BCUT2D eigenvalue weighted by Gasteiger charge is -2.38. The second-order valence-electron chi connectivity index (χ2n) is 4.42. The molecule has 0 aromatic heterocycles. The van der Waals surface area contributed by atoms with E-state index in [1.807, 2.05) is 0 Å². The Hall–Kier alpha value is -0.120. The van der Waals surface area contributed by atoms with Crippen molar-refractivity contribution >= 4 is 0 Å². The van der Waals surface area contributed by atoms with Gasteiger partial charge in [-0.3, -0.25) is 0 Å². The predicted molar refractivity (Wildman–Crippen MR) is 52.6 cm³/mol. The van der Waals surface area contributed by atoms with Crippen molar-refractivity contribution in [2.75, 3.05) is 32.8 Å². The molecule has 13 heavy (non-hydrogen) atoms. The minimum absolute atomic E-state index is 0.0772. The van der Waals surface area contributed by atoms with Gasteiger partial charge >= 0.3 is 0 Å². The molecule has 3 nitrogen and oxygen atoms in total. The summed E-state index contributed by atoms with van der Waals surface area (Å²) in [4.78, 5) is 2.49. The van der Waals surface area contributed by atoms with Crippen LogP contribution in [0.1, 0.15) is 25.7 Å². The average Bonchev–Trinajstić information content (AvgIpc) is 2.02. The van der Waals surface area contributed by atoms with E-state index in [1.54, 1.807) is 0 Å². The summed E-state index contributed by atoms with van der Waals surface area (Å²) in [6.07, 6.45) is 4.61. The lowest BCUT2D eigenvalue weighted by molar-refractivity contribution is 0.0426. The zero-order valence-electron chi connectivity index (χ0n) is 8.30. The van der Waals surface area contributed by atoms with Crippen LogP contribution in [0, 0.1) is 0 Å². The molecule has 2 heterocycles. The van der Waals surface area contributed by atoms with Gasteiger partial charge in [0, 0.05) is 18.8 Å². The zero-order chi connectivity index (χ0) is 9.15. The van der Waals surface area contributed by atoms with Gasteiger partial charge in [-0.05, 0) is 45.3 Å². The Morgan fingerprint density at radius 3 is 2.46 bits per heavy atom. The summed E-state index contributed by atoms with van der Waals surface area (Å²) in [5.41, 5.74) is 6.36. The Morgan fingerprint density at radius 2 is 1.92 bits per heavy atom. The number of ether oxygens (including phenoxy) is 1. The standard InChI is InChI=1S/C10H20N2O/c11-10(3-8-13-9-4-10)2-7-12-5-1-6-12/h1-9,11H2. The van der Waals surface area contributed by atoms with Gasteiger partial charge < -0.3 is 15.4 Å². The number of rotatable bonds is 3. The first-order chi connectivity index (χ1) is 6.29. The summed E-state index contributed by atoms with van der Waals surface area (Å²) < 4.78 is 5.32. The molecule has 0 saturated carbocycles. The highest BCUT2D eigenvalue weighted by Crippen LogP contribution is 2.22. The third kappa shape index (κ3) is 2.42. The van der Waals surface area contributed by atoms with Crippen molar-refractivity contribution in [2.24, 2.45) is 5.73 Å². The molecule has 0 amide bonds. The van der Waals surface area contributed by atoms with E-state index in [4.69, 9.17) is 10.5 Å². The van der Waals surface area contributed by atoms with Crippen molar-refractivity contribution < 1.29 is 4.74 Å². The van der Waals surface area contributed by atoms with E-state index in [2.05, 4.69) is 4.90 Å². The summed E-state index contributed by atoms with van der Waals surface area (Å²) in [5.74, 6) is 0. The van der Waals surface area contributed by atoms with Gasteiger partial charge in [-0.25, -0.2) is 0 Å². The van der Waals surface area contributed by atoms with E-state index >= 15 is 0 Å². The maximum absolute atomic E-state index is 6.28. The van der Waals surface area contributed by atoms with Gasteiger partial charge in [0.2, 0.25) is 0 Å². The molecule has 2 aliphatic rings. The number of nitrogens with zero attached hydrogens (tertiary/aromatic N) is 1. The molecule has 76 valence electrons. The molecule has 0 unspecified atom stereocenters. The molecular weight excluding hydrogens is 164 g/mol. The van der Waals surface area contributed by atoms with E-state index < -0.39 is 0 Å². The lowest BCUT2D eigenvalue weighted by atomic mass is 9.87. The number of hydrogen-bond donors (Lipinski definition) is 1. The summed E-state index contributed by atoms with van der Waals surface area (Å²) >= 11 is 0. The zero-order valence-corrected chi connectivity index (χ0v) is 8.30. The van der Waals surface area contributed by atoms with Crippen molar-refractivity contribution in [1.82, 2.24) is 4.90 Å². The van der Waals surface area contributed by atoms with E-state index in [0.717, 1.165) is 32.5 Å². The van der Waals surface area contributed by atoms with Gasteiger partial charge in [0.25, 0.3) is 0 Å². The number of hydrogen-bond acceptors (Lipinski definition) is 3. The van der Waals surface area contributed by atoms with Crippen LogP contribution >= 0.6 is 0 Å². The van der Waals surface area contributed by atoms with Crippen LogP contribution in [-0.2, 0) is 4.74 Å². The first-order valence-corrected chi connectivity index (χ1v) is 5.38. The molecule has 0 aromatic rings. The van der Waals surface area contributed by atoms with Crippen molar-refractivity contribution in [3.05, 3.63) is 0 Å². The highest BCUT2D eigenvalue weighted by molar-refractivity contribution is 4.88.